The second-order valence-electron chi connectivity index (χ2n) is 7.14. The monoisotopic (exact) mass is 437 g/mol. The number of carbonyl (C=O) groups is 2. The second kappa shape index (κ2) is 10.5. The molecule has 0 unspecified atom stereocenters. The molecular weight excluding hydrogens is 413 g/mol. The number of aromatic amines is 1. The highest BCUT2D eigenvalue weighted by Crippen LogP contribution is 2.33. The summed E-state index contributed by atoms with van der Waals surface area (Å²) in [7, 11) is 1.40. The van der Waals surface area contributed by atoms with Crippen LogP contribution in [0.15, 0.2) is 53.5 Å². The Bertz CT molecular complexity index is 1190. The number of anilines is 1. The molecular formula is C24H24FN3O4. The summed E-state index contributed by atoms with van der Waals surface area (Å²) < 4.78 is 19.8. The molecule has 0 aliphatic heterocycles. The summed E-state index contributed by atoms with van der Waals surface area (Å²) in [4.78, 5) is 38.0. The van der Waals surface area contributed by atoms with Crippen LogP contribution >= 0.6 is 0 Å². The molecule has 0 fully saturated rings. The molecule has 8 heteroatoms. The fraction of sp³-hybridized carbons (Fsp3) is 0.208. The Morgan fingerprint density at radius 1 is 1.19 bits per heavy atom. The van der Waals surface area contributed by atoms with Crippen molar-refractivity contribution in [1.82, 2.24) is 10.3 Å². The molecule has 3 rings (SSSR count). The number of benzene rings is 2. The third-order valence-corrected chi connectivity index (χ3v) is 5.03. The van der Waals surface area contributed by atoms with Gasteiger partial charge >= 0.3 is 0 Å². The lowest BCUT2D eigenvalue weighted by Gasteiger charge is -2.14. The van der Waals surface area contributed by atoms with Crippen molar-refractivity contribution in [2.75, 3.05) is 19.0 Å². The zero-order valence-electron chi connectivity index (χ0n) is 17.8. The van der Waals surface area contributed by atoms with Gasteiger partial charge in [-0.3, -0.25) is 9.59 Å². The lowest BCUT2D eigenvalue weighted by Crippen LogP contribution is -2.25. The van der Waals surface area contributed by atoms with Crippen LogP contribution in [0.1, 0.15) is 27.9 Å². The van der Waals surface area contributed by atoms with Gasteiger partial charge in [0.1, 0.15) is 11.8 Å². The number of methoxy groups -OCH3 is 1. The van der Waals surface area contributed by atoms with Crippen LogP contribution in [0.4, 0.5) is 10.1 Å². The number of hydrogen-bond donors (Lipinski definition) is 3. The van der Waals surface area contributed by atoms with Crippen LogP contribution in [0.3, 0.4) is 0 Å². The molecule has 7 nitrogen and oxygen atoms in total. The van der Waals surface area contributed by atoms with Crippen molar-refractivity contribution in [1.29, 1.82) is 0 Å². The highest BCUT2D eigenvalue weighted by atomic mass is 19.1. The SMILES string of the molecule is COc1cccc(-c2cccc(NC(=O)c3cc(CNCCC=O)c[nH]c3=O)c2C)c1F. The largest absolute Gasteiger partial charge is 0.494 e. The summed E-state index contributed by atoms with van der Waals surface area (Å²) in [5.74, 6) is -0.943. The van der Waals surface area contributed by atoms with Crippen molar-refractivity contribution >= 4 is 17.9 Å². The van der Waals surface area contributed by atoms with Crippen molar-refractivity contribution in [3.05, 3.63) is 81.5 Å². The number of nitrogens with one attached hydrogen (secondary N) is 3. The topological polar surface area (TPSA) is 100 Å². The minimum Gasteiger partial charge on any atom is -0.494 e. The Labute approximate surface area is 184 Å². The van der Waals surface area contributed by atoms with E-state index in [1.807, 2.05) is 0 Å². The first kappa shape index (κ1) is 22.9. The first-order valence-electron chi connectivity index (χ1n) is 10.1. The first-order valence-corrected chi connectivity index (χ1v) is 10.1. The Hall–Kier alpha value is -3.78. The van der Waals surface area contributed by atoms with Crippen LogP contribution < -0.4 is 20.9 Å². The van der Waals surface area contributed by atoms with Crippen molar-refractivity contribution in [3.63, 3.8) is 0 Å². The molecule has 1 heterocycles. The van der Waals surface area contributed by atoms with E-state index in [0.29, 0.717) is 47.5 Å². The van der Waals surface area contributed by atoms with E-state index in [2.05, 4.69) is 15.6 Å². The Balaban J connectivity index is 1.86. The summed E-state index contributed by atoms with van der Waals surface area (Å²) in [5, 5.41) is 5.81. The molecule has 1 aromatic heterocycles. The number of H-pyrrole nitrogens is 1. The van der Waals surface area contributed by atoms with Gasteiger partial charge in [0.2, 0.25) is 0 Å². The maximum atomic E-state index is 14.8. The Kier molecular flexibility index (Phi) is 7.51. The van der Waals surface area contributed by atoms with Crippen molar-refractivity contribution in [2.24, 2.45) is 0 Å². The molecule has 0 aliphatic carbocycles. The Morgan fingerprint density at radius 2 is 1.94 bits per heavy atom. The predicted octanol–water partition coefficient (Wildman–Crippen LogP) is 3.43. The van der Waals surface area contributed by atoms with Crippen LogP contribution in [0.2, 0.25) is 0 Å². The summed E-state index contributed by atoms with van der Waals surface area (Å²) in [5.41, 5.74) is 2.19. The molecule has 0 saturated heterocycles. The van der Waals surface area contributed by atoms with E-state index in [0.717, 1.165) is 6.29 Å². The molecule has 166 valence electrons. The number of pyridine rings is 1. The van der Waals surface area contributed by atoms with Crippen molar-refractivity contribution in [3.8, 4) is 16.9 Å². The zero-order valence-corrected chi connectivity index (χ0v) is 17.8. The molecule has 2 aromatic carbocycles. The number of aromatic nitrogens is 1. The average molecular weight is 437 g/mol. The quantitative estimate of drug-likeness (QED) is 0.352. The van der Waals surface area contributed by atoms with Crippen LogP contribution in [0.5, 0.6) is 5.75 Å². The smallest absolute Gasteiger partial charge is 0.261 e. The van der Waals surface area contributed by atoms with Crippen molar-refractivity contribution < 1.29 is 18.7 Å². The second-order valence-corrected chi connectivity index (χ2v) is 7.14. The van der Waals surface area contributed by atoms with E-state index in [-0.39, 0.29) is 11.3 Å². The number of aldehydes is 1. The van der Waals surface area contributed by atoms with Gasteiger partial charge in [-0.2, -0.15) is 0 Å². The van der Waals surface area contributed by atoms with Crippen molar-refractivity contribution in [2.45, 2.75) is 19.9 Å². The molecule has 0 saturated carbocycles. The normalized spacial score (nSPS) is 10.6. The minimum atomic E-state index is -0.577. The fourth-order valence-electron chi connectivity index (χ4n) is 3.32. The number of ether oxygens (including phenoxy) is 1. The zero-order chi connectivity index (χ0) is 23.1. The predicted molar refractivity (Wildman–Crippen MR) is 121 cm³/mol. The van der Waals surface area contributed by atoms with Crippen LogP contribution in [0, 0.1) is 12.7 Å². The molecule has 0 bridgehead atoms. The van der Waals surface area contributed by atoms with E-state index in [4.69, 9.17) is 4.74 Å². The van der Waals surface area contributed by atoms with E-state index in [1.54, 1.807) is 37.3 Å². The molecule has 0 aliphatic rings. The van der Waals surface area contributed by atoms with E-state index < -0.39 is 17.3 Å². The minimum absolute atomic E-state index is 0.0444. The third kappa shape index (κ3) is 5.09. The van der Waals surface area contributed by atoms with Crippen LogP contribution in [0.25, 0.3) is 11.1 Å². The van der Waals surface area contributed by atoms with Gasteiger partial charge in [-0.15, -0.1) is 0 Å². The third-order valence-electron chi connectivity index (χ3n) is 5.03. The molecule has 3 N–H and O–H groups in total. The maximum absolute atomic E-state index is 14.8. The van der Waals surface area contributed by atoms with Crippen LogP contribution in [-0.4, -0.2) is 30.8 Å². The Morgan fingerprint density at radius 3 is 2.69 bits per heavy atom. The summed E-state index contributed by atoms with van der Waals surface area (Å²) >= 11 is 0. The number of carbonyl (C=O) groups excluding carboxylic acids is 2. The number of rotatable bonds is 9. The van der Waals surface area contributed by atoms with Gasteiger partial charge in [-0.05, 0) is 41.8 Å². The van der Waals surface area contributed by atoms with Crippen LogP contribution in [-0.2, 0) is 11.3 Å². The standard InChI is InChI=1S/C24H24FN3O4/c1-15-17(18-7-4-9-21(32-2)22(18)25)6-3-8-20(15)28-24(31)19-12-16(14-27-23(19)30)13-26-10-5-11-29/h3-4,6-9,11-12,14,26H,5,10,13H2,1-2H3,(H,27,30)(H,28,31). The van der Waals surface area contributed by atoms with Gasteiger partial charge in [-0.25, -0.2) is 4.39 Å². The van der Waals surface area contributed by atoms with Gasteiger partial charge in [0, 0.05) is 37.0 Å². The number of hydrogen-bond acceptors (Lipinski definition) is 5. The summed E-state index contributed by atoms with van der Waals surface area (Å²) in [6.07, 6.45) is 2.71. The lowest BCUT2D eigenvalue weighted by molar-refractivity contribution is -0.107. The molecule has 32 heavy (non-hydrogen) atoms. The van der Waals surface area contributed by atoms with Gasteiger partial charge in [0.15, 0.2) is 11.6 Å². The van der Waals surface area contributed by atoms with E-state index in [9.17, 15) is 18.8 Å². The molecule has 3 aromatic rings. The van der Waals surface area contributed by atoms with Gasteiger partial charge in [0.05, 0.1) is 7.11 Å². The molecule has 0 atom stereocenters. The van der Waals surface area contributed by atoms with Gasteiger partial charge in [0.25, 0.3) is 11.5 Å². The average Bonchev–Trinajstić information content (AvgIpc) is 2.79. The summed E-state index contributed by atoms with van der Waals surface area (Å²) in [6, 6.07) is 11.5. The van der Waals surface area contributed by atoms with Gasteiger partial charge in [-0.1, -0.05) is 24.3 Å². The summed E-state index contributed by atoms with van der Waals surface area (Å²) in [6.45, 7) is 2.66. The van der Waals surface area contributed by atoms with E-state index in [1.165, 1.54) is 25.4 Å². The lowest BCUT2D eigenvalue weighted by atomic mass is 9.98. The maximum Gasteiger partial charge on any atom is 0.261 e. The first-order chi connectivity index (χ1) is 15.5. The number of halogens is 1. The molecule has 0 radical (unpaired) electrons. The number of amides is 1. The molecule has 1 amide bonds. The fourth-order valence-corrected chi connectivity index (χ4v) is 3.32. The van der Waals surface area contributed by atoms with Gasteiger partial charge < -0.3 is 25.1 Å². The molecule has 0 spiro atoms. The highest BCUT2D eigenvalue weighted by Gasteiger charge is 2.17. The van der Waals surface area contributed by atoms with E-state index >= 15 is 0 Å². The highest BCUT2D eigenvalue weighted by molar-refractivity contribution is 6.05.